The molecule has 0 saturated carbocycles. The van der Waals surface area contributed by atoms with Crippen LogP contribution in [-0.2, 0) is 18.1 Å². The van der Waals surface area contributed by atoms with E-state index in [-0.39, 0.29) is 6.42 Å². The van der Waals surface area contributed by atoms with Crippen molar-refractivity contribution in [3.63, 3.8) is 0 Å². The Balaban J connectivity index is 1.72. The second-order valence-corrected chi connectivity index (χ2v) is 8.84. The summed E-state index contributed by atoms with van der Waals surface area (Å²) >= 11 is 0. The van der Waals surface area contributed by atoms with E-state index in [2.05, 4.69) is 10.3 Å². The van der Waals surface area contributed by atoms with Crippen LogP contribution in [0.2, 0.25) is 0 Å². The van der Waals surface area contributed by atoms with Crippen LogP contribution in [0.25, 0.3) is 10.8 Å². The van der Waals surface area contributed by atoms with Crippen LogP contribution in [0.15, 0.2) is 121 Å². The molecule has 6 heteroatoms. The largest absolute Gasteiger partial charge is 0.416 e. The van der Waals surface area contributed by atoms with E-state index in [1.165, 1.54) is 6.07 Å². The van der Waals surface area contributed by atoms with Crippen LogP contribution in [0.1, 0.15) is 32.7 Å². The van der Waals surface area contributed by atoms with E-state index in [4.69, 9.17) is 0 Å². The molecular formula is C31H23F3N2O. The number of nitrogens with zero attached hydrogens (tertiary/aromatic N) is 1. The van der Waals surface area contributed by atoms with Crippen molar-refractivity contribution in [2.24, 2.45) is 0 Å². The van der Waals surface area contributed by atoms with E-state index in [0.29, 0.717) is 16.8 Å². The number of halogens is 3. The summed E-state index contributed by atoms with van der Waals surface area (Å²) in [4.78, 5) is 18.5. The highest BCUT2D eigenvalue weighted by Gasteiger charge is 2.40. The summed E-state index contributed by atoms with van der Waals surface area (Å²) in [7, 11) is 0. The summed E-state index contributed by atoms with van der Waals surface area (Å²) in [6.45, 7) is 0. The van der Waals surface area contributed by atoms with Crippen LogP contribution in [0, 0.1) is 0 Å². The second kappa shape index (κ2) is 9.90. The first-order valence-corrected chi connectivity index (χ1v) is 11.8. The van der Waals surface area contributed by atoms with Gasteiger partial charge < -0.3 is 5.32 Å². The number of alkyl halides is 3. The lowest BCUT2D eigenvalue weighted by Crippen LogP contribution is -2.49. The van der Waals surface area contributed by atoms with Crippen molar-refractivity contribution in [3.8, 4) is 0 Å². The molecule has 0 saturated heterocycles. The fourth-order valence-electron chi connectivity index (χ4n) is 4.68. The van der Waals surface area contributed by atoms with Crippen LogP contribution in [0.5, 0.6) is 0 Å². The summed E-state index contributed by atoms with van der Waals surface area (Å²) < 4.78 is 41.4. The molecule has 0 aliphatic heterocycles. The Morgan fingerprint density at radius 1 is 0.730 bits per heavy atom. The summed E-state index contributed by atoms with van der Waals surface area (Å²) in [6, 6.07) is 32.6. The van der Waals surface area contributed by atoms with Gasteiger partial charge in [-0.05, 0) is 52.2 Å². The molecule has 184 valence electrons. The van der Waals surface area contributed by atoms with Gasteiger partial charge in [-0.25, -0.2) is 0 Å². The third-order valence-corrected chi connectivity index (χ3v) is 6.46. The van der Waals surface area contributed by atoms with E-state index in [0.717, 1.165) is 28.5 Å². The van der Waals surface area contributed by atoms with Gasteiger partial charge in [-0.15, -0.1) is 0 Å². The number of carbonyl (C=O) groups excluding carboxylic acids is 1. The van der Waals surface area contributed by atoms with Crippen LogP contribution in [0.4, 0.5) is 13.2 Å². The highest BCUT2D eigenvalue weighted by molar-refractivity contribution is 6.07. The fraction of sp³-hybridized carbons (Fsp3) is 0.0968. The standard InChI is InChI=1S/C31H23F3N2O/c32-31(33,34)25-15-9-14-24(20-25)30(28-18-6-7-19-35-28,21-22-10-2-1-3-11-22)36-29(37)27-17-8-13-23-12-4-5-16-26(23)27/h1-20H,21H2,(H,36,37). The lowest BCUT2D eigenvalue weighted by atomic mass is 9.79. The van der Waals surface area contributed by atoms with Crippen molar-refractivity contribution in [1.82, 2.24) is 10.3 Å². The molecule has 1 unspecified atom stereocenters. The third-order valence-electron chi connectivity index (χ3n) is 6.46. The van der Waals surface area contributed by atoms with Crippen LogP contribution in [0.3, 0.4) is 0 Å². The van der Waals surface area contributed by atoms with E-state index in [9.17, 15) is 18.0 Å². The number of hydrogen-bond donors (Lipinski definition) is 1. The highest BCUT2D eigenvalue weighted by Crippen LogP contribution is 2.37. The van der Waals surface area contributed by atoms with E-state index in [1.807, 2.05) is 60.7 Å². The Morgan fingerprint density at radius 2 is 1.41 bits per heavy atom. The number of nitrogens with one attached hydrogen (secondary N) is 1. The molecule has 0 radical (unpaired) electrons. The minimum absolute atomic E-state index is 0.197. The molecule has 0 spiro atoms. The Hall–Kier alpha value is -4.45. The number of fused-ring (bicyclic) bond motifs is 1. The molecule has 0 fully saturated rings. The summed E-state index contributed by atoms with van der Waals surface area (Å²) in [5, 5.41) is 4.77. The molecular weight excluding hydrogens is 473 g/mol. The molecule has 0 bridgehead atoms. The van der Waals surface area contributed by atoms with Crippen molar-refractivity contribution >= 4 is 16.7 Å². The second-order valence-electron chi connectivity index (χ2n) is 8.84. The van der Waals surface area contributed by atoms with Gasteiger partial charge >= 0.3 is 6.18 Å². The Kier molecular flexibility index (Phi) is 6.49. The number of hydrogen-bond acceptors (Lipinski definition) is 2. The highest BCUT2D eigenvalue weighted by atomic mass is 19.4. The van der Waals surface area contributed by atoms with E-state index in [1.54, 1.807) is 42.6 Å². The number of carbonyl (C=O) groups is 1. The Morgan fingerprint density at radius 3 is 2.16 bits per heavy atom. The molecule has 1 heterocycles. The topological polar surface area (TPSA) is 42.0 Å². The lowest BCUT2D eigenvalue weighted by Gasteiger charge is -2.36. The molecule has 1 amide bonds. The number of pyridine rings is 1. The predicted octanol–water partition coefficient (Wildman–Crippen LogP) is 7.17. The zero-order valence-corrected chi connectivity index (χ0v) is 19.7. The van der Waals surface area contributed by atoms with Crippen molar-refractivity contribution in [3.05, 3.63) is 149 Å². The quantitative estimate of drug-likeness (QED) is 0.271. The lowest BCUT2D eigenvalue weighted by molar-refractivity contribution is -0.137. The van der Waals surface area contributed by atoms with Crippen molar-refractivity contribution in [2.75, 3.05) is 0 Å². The first-order valence-electron chi connectivity index (χ1n) is 11.8. The Bertz CT molecular complexity index is 1530. The molecule has 3 nitrogen and oxygen atoms in total. The van der Waals surface area contributed by atoms with Gasteiger partial charge in [0.25, 0.3) is 5.91 Å². The van der Waals surface area contributed by atoms with Gasteiger partial charge in [-0.3, -0.25) is 9.78 Å². The third kappa shape index (κ3) is 4.96. The summed E-state index contributed by atoms with van der Waals surface area (Å²) in [5.74, 6) is -0.407. The van der Waals surface area contributed by atoms with Gasteiger partial charge in [0.2, 0.25) is 0 Å². The number of benzene rings is 4. The van der Waals surface area contributed by atoms with Crippen molar-refractivity contribution < 1.29 is 18.0 Å². The smallest absolute Gasteiger partial charge is 0.337 e. The SMILES string of the molecule is O=C(NC(Cc1ccccc1)(c1cccc(C(F)(F)F)c1)c1ccccn1)c1cccc2ccccc12. The minimum atomic E-state index is -4.54. The maximum absolute atomic E-state index is 13.9. The first-order chi connectivity index (χ1) is 17.9. The van der Waals surface area contributed by atoms with Gasteiger partial charge in [0, 0.05) is 18.2 Å². The molecule has 4 aromatic carbocycles. The van der Waals surface area contributed by atoms with Crippen LogP contribution >= 0.6 is 0 Å². The maximum Gasteiger partial charge on any atom is 0.416 e. The molecule has 37 heavy (non-hydrogen) atoms. The first kappa shape index (κ1) is 24.3. The average molecular weight is 497 g/mol. The zero-order chi connectivity index (χ0) is 25.9. The van der Waals surface area contributed by atoms with Crippen LogP contribution < -0.4 is 5.32 Å². The molecule has 0 aliphatic carbocycles. The molecule has 5 rings (SSSR count). The Labute approximate surface area is 212 Å². The van der Waals surface area contributed by atoms with Crippen LogP contribution in [-0.4, -0.2) is 10.9 Å². The predicted molar refractivity (Wildman–Crippen MR) is 138 cm³/mol. The summed E-state index contributed by atoms with van der Waals surface area (Å²) in [5.41, 5.74) is -0.178. The van der Waals surface area contributed by atoms with Gasteiger partial charge in [0.1, 0.15) is 5.54 Å². The summed E-state index contributed by atoms with van der Waals surface area (Å²) in [6.07, 6.45) is -2.77. The van der Waals surface area contributed by atoms with Crippen molar-refractivity contribution in [1.29, 1.82) is 0 Å². The maximum atomic E-state index is 13.9. The monoisotopic (exact) mass is 496 g/mol. The van der Waals surface area contributed by atoms with Gasteiger partial charge in [-0.2, -0.15) is 13.2 Å². The molecule has 1 N–H and O–H groups in total. The molecule has 5 aromatic rings. The van der Waals surface area contributed by atoms with Gasteiger partial charge in [0.05, 0.1) is 11.3 Å². The average Bonchev–Trinajstić information content (AvgIpc) is 2.93. The van der Waals surface area contributed by atoms with Crippen molar-refractivity contribution in [2.45, 2.75) is 18.1 Å². The molecule has 0 aliphatic rings. The minimum Gasteiger partial charge on any atom is -0.337 e. The zero-order valence-electron chi connectivity index (χ0n) is 19.7. The number of rotatable bonds is 6. The van der Waals surface area contributed by atoms with Gasteiger partial charge in [0.15, 0.2) is 0 Å². The number of amides is 1. The molecule has 1 aromatic heterocycles. The van der Waals surface area contributed by atoms with Gasteiger partial charge in [-0.1, -0.05) is 84.9 Å². The molecule has 1 atom stereocenters. The van der Waals surface area contributed by atoms with E-state index >= 15 is 0 Å². The van der Waals surface area contributed by atoms with E-state index < -0.39 is 23.2 Å². The number of aromatic nitrogens is 1. The fourth-order valence-corrected chi connectivity index (χ4v) is 4.68. The normalized spacial score (nSPS) is 13.2.